The maximum Gasteiger partial charge on any atom is 0.319 e. The number of carbonyl (C=O) groups is 2. The minimum absolute atomic E-state index is 0.0853. The van der Waals surface area contributed by atoms with Gasteiger partial charge in [-0.15, -0.1) is 0 Å². The van der Waals surface area contributed by atoms with E-state index in [1.165, 1.54) is 18.2 Å². The average molecular weight is 315 g/mol. The number of aliphatic carboxylic acids is 1. The van der Waals surface area contributed by atoms with Gasteiger partial charge in [-0.25, -0.2) is 9.18 Å². The number of hydrogen-bond acceptors (Lipinski definition) is 2. The van der Waals surface area contributed by atoms with Gasteiger partial charge in [-0.2, -0.15) is 0 Å². The Labute approximate surface area is 126 Å². The molecule has 114 valence electrons. The van der Waals surface area contributed by atoms with Crippen LogP contribution in [-0.2, 0) is 4.79 Å². The van der Waals surface area contributed by atoms with Crippen molar-refractivity contribution in [2.24, 2.45) is 11.8 Å². The number of urea groups is 1. The fourth-order valence-electron chi connectivity index (χ4n) is 2.61. The lowest BCUT2D eigenvalue weighted by atomic mass is 9.96. The Balaban J connectivity index is 1.89. The highest BCUT2D eigenvalue weighted by molar-refractivity contribution is 6.33. The van der Waals surface area contributed by atoms with Gasteiger partial charge in [0.05, 0.1) is 16.6 Å². The molecule has 1 aromatic carbocycles. The monoisotopic (exact) mass is 314 g/mol. The number of amides is 2. The number of nitrogens with one attached hydrogen (secondary N) is 2. The maximum atomic E-state index is 13.5. The van der Waals surface area contributed by atoms with Crippen molar-refractivity contribution < 1.29 is 19.1 Å². The molecular formula is C14H16ClFN2O3. The molecule has 2 unspecified atom stereocenters. The van der Waals surface area contributed by atoms with Gasteiger partial charge >= 0.3 is 12.0 Å². The van der Waals surface area contributed by atoms with Crippen LogP contribution in [0.15, 0.2) is 18.2 Å². The van der Waals surface area contributed by atoms with Crippen molar-refractivity contribution in [3.05, 3.63) is 29.0 Å². The number of benzene rings is 1. The molecule has 1 aromatic rings. The second-order valence-corrected chi connectivity index (χ2v) is 5.47. The smallest absolute Gasteiger partial charge is 0.319 e. The van der Waals surface area contributed by atoms with E-state index in [4.69, 9.17) is 16.7 Å². The van der Waals surface area contributed by atoms with Crippen molar-refractivity contribution in [3.8, 4) is 0 Å². The van der Waals surface area contributed by atoms with E-state index >= 15 is 0 Å². The van der Waals surface area contributed by atoms with E-state index < -0.39 is 23.7 Å². The molecule has 1 aliphatic rings. The number of anilines is 1. The number of halogens is 2. The molecule has 2 rings (SSSR count). The van der Waals surface area contributed by atoms with Crippen molar-refractivity contribution in [2.75, 3.05) is 11.9 Å². The first-order valence-corrected chi connectivity index (χ1v) is 7.08. The third-order valence-corrected chi connectivity index (χ3v) is 4.02. The average Bonchev–Trinajstić information content (AvgIpc) is 2.89. The van der Waals surface area contributed by atoms with Crippen LogP contribution in [0.4, 0.5) is 14.9 Å². The van der Waals surface area contributed by atoms with E-state index in [-0.39, 0.29) is 23.2 Å². The Kier molecular flexibility index (Phi) is 5.01. The Morgan fingerprint density at radius 3 is 2.81 bits per heavy atom. The van der Waals surface area contributed by atoms with Gasteiger partial charge in [0.2, 0.25) is 0 Å². The summed E-state index contributed by atoms with van der Waals surface area (Å²) in [6.45, 7) is 0.245. The first kappa shape index (κ1) is 15.6. The summed E-state index contributed by atoms with van der Waals surface area (Å²) >= 11 is 5.81. The lowest BCUT2D eigenvalue weighted by Gasteiger charge is -2.17. The van der Waals surface area contributed by atoms with E-state index in [1.807, 2.05) is 0 Å². The fraction of sp³-hybridized carbons (Fsp3) is 0.429. The highest BCUT2D eigenvalue weighted by Gasteiger charge is 2.32. The summed E-state index contributed by atoms with van der Waals surface area (Å²) in [5.41, 5.74) is -0.0853. The Morgan fingerprint density at radius 1 is 1.38 bits per heavy atom. The molecule has 5 nitrogen and oxygen atoms in total. The molecule has 0 bridgehead atoms. The summed E-state index contributed by atoms with van der Waals surface area (Å²) in [5.74, 6) is -1.98. The molecule has 7 heteroatoms. The fourth-order valence-corrected chi connectivity index (χ4v) is 2.82. The number of carboxylic acids is 1. The molecule has 0 radical (unpaired) electrons. The zero-order valence-electron chi connectivity index (χ0n) is 11.2. The summed E-state index contributed by atoms with van der Waals surface area (Å²) < 4.78 is 13.5. The first-order valence-electron chi connectivity index (χ1n) is 6.70. The standard InChI is InChI=1S/C14H16ClFN2O3/c15-10-5-2-6-11(16)12(10)18-14(21)17-7-8-3-1-4-9(8)13(19)20/h2,5-6,8-9H,1,3-4,7H2,(H,19,20)(H2,17,18,21). The minimum atomic E-state index is -0.836. The van der Waals surface area contributed by atoms with Crippen molar-refractivity contribution in [3.63, 3.8) is 0 Å². The topological polar surface area (TPSA) is 78.4 Å². The highest BCUT2D eigenvalue weighted by Crippen LogP contribution is 2.31. The van der Waals surface area contributed by atoms with Gasteiger partial charge in [-0.05, 0) is 30.9 Å². The molecule has 0 aromatic heterocycles. The van der Waals surface area contributed by atoms with Gasteiger partial charge in [0, 0.05) is 6.54 Å². The van der Waals surface area contributed by atoms with Crippen molar-refractivity contribution in [1.82, 2.24) is 5.32 Å². The molecule has 0 heterocycles. The molecule has 1 aliphatic carbocycles. The van der Waals surface area contributed by atoms with Crippen LogP contribution in [-0.4, -0.2) is 23.7 Å². The second-order valence-electron chi connectivity index (χ2n) is 5.07. The first-order chi connectivity index (χ1) is 9.99. The number of hydrogen-bond donors (Lipinski definition) is 3. The molecule has 0 aliphatic heterocycles. The zero-order valence-corrected chi connectivity index (χ0v) is 12.0. The van der Waals surface area contributed by atoms with E-state index in [2.05, 4.69) is 10.6 Å². The largest absolute Gasteiger partial charge is 0.481 e. The van der Waals surface area contributed by atoms with Gasteiger partial charge < -0.3 is 15.7 Å². The molecule has 1 fully saturated rings. The minimum Gasteiger partial charge on any atom is -0.481 e. The van der Waals surface area contributed by atoms with Gasteiger partial charge in [-0.1, -0.05) is 24.1 Å². The molecule has 3 N–H and O–H groups in total. The summed E-state index contributed by atoms with van der Waals surface area (Å²) in [6, 6.07) is 3.51. The quantitative estimate of drug-likeness (QED) is 0.799. The number of rotatable bonds is 4. The molecular weight excluding hydrogens is 299 g/mol. The molecule has 2 amide bonds. The lowest BCUT2D eigenvalue weighted by Crippen LogP contribution is -2.35. The lowest BCUT2D eigenvalue weighted by molar-refractivity contribution is -0.142. The van der Waals surface area contributed by atoms with Crippen LogP contribution in [0.1, 0.15) is 19.3 Å². The second kappa shape index (κ2) is 6.76. The number of carboxylic acid groups (broad SMARTS) is 1. The van der Waals surface area contributed by atoms with Crippen LogP contribution in [0.2, 0.25) is 5.02 Å². The summed E-state index contributed by atoms with van der Waals surface area (Å²) in [7, 11) is 0. The number of para-hydroxylation sites is 1. The van der Waals surface area contributed by atoms with Crippen LogP contribution in [0.5, 0.6) is 0 Å². The third kappa shape index (κ3) is 3.85. The summed E-state index contributed by atoms with van der Waals surface area (Å²) in [4.78, 5) is 22.8. The SMILES string of the molecule is O=C(NCC1CCCC1C(=O)O)Nc1c(F)cccc1Cl. The molecule has 0 saturated heterocycles. The van der Waals surface area contributed by atoms with Gasteiger partial charge in [0.1, 0.15) is 5.82 Å². The predicted octanol–water partition coefficient (Wildman–Crippen LogP) is 3.10. The molecule has 1 saturated carbocycles. The van der Waals surface area contributed by atoms with E-state index in [1.54, 1.807) is 0 Å². The van der Waals surface area contributed by atoms with Crippen LogP contribution in [0.25, 0.3) is 0 Å². The Bertz CT molecular complexity index is 533. The Hall–Kier alpha value is -1.82. The van der Waals surface area contributed by atoms with Crippen LogP contribution in [0.3, 0.4) is 0 Å². The third-order valence-electron chi connectivity index (χ3n) is 3.70. The summed E-state index contributed by atoms with van der Waals surface area (Å²) in [6.07, 6.45) is 2.23. The van der Waals surface area contributed by atoms with Gasteiger partial charge in [-0.3, -0.25) is 4.79 Å². The highest BCUT2D eigenvalue weighted by atomic mass is 35.5. The normalized spacial score (nSPS) is 21.0. The van der Waals surface area contributed by atoms with Crippen molar-refractivity contribution >= 4 is 29.3 Å². The summed E-state index contributed by atoms with van der Waals surface area (Å²) in [5, 5.41) is 14.1. The van der Waals surface area contributed by atoms with E-state index in [0.717, 1.165) is 12.8 Å². The predicted molar refractivity (Wildman–Crippen MR) is 76.9 cm³/mol. The van der Waals surface area contributed by atoms with Gasteiger partial charge in [0.15, 0.2) is 0 Å². The molecule has 0 spiro atoms. The molecule has 21 heavy (non-hydrogen) atoms. The Morgan fingerprint density at radius 2 is 2.14 bits per heavy atom. The van der Waals surface area contributed by atoms with Gasteiger partial charge in [0.25, 0.3) is 0 Å². The van der Waals surface area contributed by atoms with Crippen LogP contribution in [0, 0.1) is 17.7 Å². The number of carbonyl (C=O) groups excluding carboxylic acids is 1. The molecule has 2 atom stereocenters. The van der Waals surface area contributed by atoms with E-state index in [0.29, 0.717) is 6.42 Å². The van der Waals surface area contributed by atoms with E-state index in [9.17, 15) is 14.0 Å². The van der Waals surface area contributed by atoms with Crippen molar-refractivity contribution in [1.29, 1.82) is 0 Å². The van der Waals surface area contributed by atoms with Crippen LogP contribution >= 0.6 is 11.6 Å². The van der Waals surface area contributed by atoms with Crippen molar-refractivity contribution in [2.45, 2.75) is 19.3 Å². The van der Waals surface area contributed by atoms with Crippen LogP contribution < -0.4 is 10.6 Å². The maximum absolute atomic E-state index is 13.5. The zero-order chi connectivity index (χ0) is 15.4.